The number of nitrogens with zero attached hydrogens (tertiary/aromatic N) is 4. The Morgan fingerprint density at radius 2 is 1.71 bits per heavy atom. The van der Waals surface area contributed by atoms with Gasteiger partial charge >= 0.3 is 0 Å². The number of benzene rings is 2. The van der Waals surface area contributed by atoms with Crippen LogP contribution in [-0.2, 0) is 14.8 Å². The Morgan fingerprint density at radius 1 is 1.00 bits per heavy atom. The predicted octanol–water partition coefficient (Wildman–Crippen LogP) is 4.04. The van der Waals surface area contributed by atoms with E-state index >= 15 is 0 Å². The van der Waals surface area contributed by atoms with Gasteiger partial charge in [0.05, 0.1) is 5.92 Å². The summed E-state index contributed by atoms with van der Waals surface area (Å²) in [6.45, 7) is 4.68. The molecule has 200 valence electrons. The Labute approximate surface area is 222 Å². The highest BCUT2D eigenvalue weighted by molar-refractivity contribution is 7.89. The van der Waals surface area contributed by atoms with Crippen molar-refractivity contribution in [3.8, 4) is 0 Å². The van der Waals surface area contributed by atoms with Crippen LogP contribution in [-0.4, -0.2) is 68.0 Å². The normalized spacial score (nSPS) is 19.3. The van der Waals surface area contributed by atoms with Gasteiger partial charge in [0.1, 0.15) is 11.5 Å². The van der Waals surface area contributed by atoms with Crippen LogP contribution in [0.25, 0.3) is 12.2 Å². The van der Waals surface area contributed by atoms with Crippen molar-refractivity contribution in [3.63, 3.8) is 0 Å². The summed E-state index contributed by atoms with van der Waals surface area (Å²) in [6.07, 6.45) is 4.12. The summed E-state index contributed by atoms with van der Waals surface area (Å²) in [5.74, 6) is -0.790. The van der Waals surface area contributed by atoms with E-state index in [2.05, 4.69) is 22.2 Å². The molecule has 1 atom stereocenters. The predicted molar refractivity (Wildman–Crippen MR) is 143 cm³/mol. The minimum absolute atomic E-state index is 0.000626. The highest BCUT2D eigenvalue weighted by Gasteiger charge is 2.38. The summed E-state index contributed by atoms with van der Waals surface area (Å²) < 4.78 is 48.1. The van der Waals surface area contributed by atoms with Gasteiger partial charge in [0.15, 0.2) is 10.7 Å². The van der Waals surface area contributed by atoms with Crippen LogP contribution >= 0.6 is 0 Å². The average molecular weight is 539 g/mol. The fourth-order valence-corrected chi connectivity index (χ4v) is 6.92. The fourth-order valence-electron chi connectivity index (χ4n) is 5.15. The topological polar surface area (TPSA) is 87.0 Å². The SMILES string of the molecule is Cc1noc(/C=C/c2ccccc2F)c1S(=O)(=O)N1CCC[C@H](C(=O)N2CCN(c3ccccc3)CC2)C1. The van der Waals surface area contributed by atoms with Crippen LogP contribution < -0.4 is 4.90 Å². The molecule has 2 saturated heterocycles. The van der Waals surface area contributed by atoms with E-state index in [1.165, 1.54) is 22.5 Å². The number of sulfonamides is 1. The number of aryl methyl sites for hydroxylation is 1. The number of anilines is 1. The van der Waals surface area contributed by atoms with Crippen LogP contribution in [0.4, 0.5) is 10.1 Å². The Morgan fingerprint density at radius 3 is 2.45 bits per heavy atom. The first kappa shape index (κ1) is 26.1. The number of rotatable bonds is 6. The van der Waals surface area contributed by atoms with Crippen LogP contribution in [0, 0.1) is 18.7 Å². The molecule has 0 spiro atoms. The molecule has 2 aliphatic heterocycles. The zero-order valence-corrected chi connectivity index (χ0v) is 22.1. The monoisotopic (exact) mass is 538 g/mol. The summed E-state index contributed by atoms with van der Waals surface area (Å²) in [5.41, 5.74) is 1.67. The second-order valence-corrected chi connectivity index (χ2v) is 11.5. The number of carbonyl (C=O) groups excluding carboxylic acids is 1. The van der Waals surface area contributed by atoms with Crippen LogP contribution in [0.5, 0.6) is 0 Å². The molecule has 2 aromatic carbocycles. The van der Waals surface area contributed by atoms with E-state index in [1.807, 2.05) is 23.1 Å². The summed E-state index contributed by atoms with van der Waals surface area (Å²) >= 11 is 0. The molecule has 10 heteroatoms. The van der Waals surface area contributed by atoms with E-state index in [0.717, 1.165) is 18.8 Å². The molecule has 2 fully saturated rings. The molecule has 0 N–H and O–H groups in total. The second-order valence-electron chi connectivity index (χ2n) is 9.67. The second kappa shape index (κ2) is 11.1. The van der Waals surface area contributed by atoms with E-state index in [4.69, 9.17) is 4.52 Å². The average Bonchev–Trinajstić information content (AvgIpc) is 3.33. The summed E-state index contributed by atoms with van der Waals surface area (Å²) in [5, 5.41) is 3.87. The number of piperidine rings is 1. The van der Waals surface area contributed by atoms with Crippen LogP contribution in [0.1, 0.15) is 29.9 Å². The summed E-state index contributed by atoms with van der Waals surface area (Å²) in [4.78, 5) is 17.5. The number of halogens is 1. The van der Waals surface area contributed by atoms with E-state index in [1.54, 1.807) is 25.1 Å². The molecule has 0 unspecified atom stereocenters. The van der Waals surface area contributed by atoms with E-state index < -0.39 is 21.8 Å². The van der Waals surface area contributed by atoms with Gasteiger partial charge in [0.2, 0.25) is 15.9 Å². The third kappa shape index (κ3) is 5.37. The zero-order valence-electron chi connectivity index (χ0n) is 21.3. The largest absolute Gasteiger partial charge is 0.368 e. The van der Waals surface area contributed by atoms with Crippen molar-refractivity contribution in [3.05, 3.63) is 77.4 Å². The summed E-state index contributed by atoms with van der Waals surface area (Å²) in [6, 6.07) is 16.3. The number of piperazine rings is 1. The molecule has 0 saturated carbocycles. The smallest absolute Gasteiger partial charge is 0.248 e. The molecular weight excluding hydrogens is 507 g/mol. The molecule has 38 heavy (non-hydrogen) atoms. The van der Waals surface area contributed by atoms with Crippen LogP contribution in [0.2, 0.25) is 0 Å². The van der Waals surface area contributed by atoms with Crippen molar-refractivity contribution in [1.82, 2.24) is 14.4 Å². The standard InChI is InChI=1S/C28H31FN4O4S/c1-21-27(26(37-30-21)14-13-22-8-5-6-12-25(22)29)38(35,36)33-15-7-9-23(20-33)28(34)32-18-16-31(17-19-32)24-10-3-2-4-11-24/h2-6,8,10-14,23H,7,9,15-20H2,1H3/b14-13+/t23-/m0/s1. The van der Waals surface area contributed by atoms with Crippen molar-refractivity contribution in [1.29, 1.82) is 0 Å². The van der Waals surface area contributed by atoms with Gasteiger partial charge in [0.25, 0.3) is 0 Å². The Kier molecular flexibility index (Phi) is 7.62. The quantitative estimate of drug-likeness (QED) is 0.471. The van der Waals surface area contributed by atoms with Crippen LogP contribution in [0.3, 0.4) is 0 Å². The molecule has 0 aliphatic carbocycles. The molecule has 5 rings (SSSR count). The van der Waals surface area contributed by atoms with Gasteiger partial charge in [-0.3, -0.25) is 4.79 Å². The molecule has 3 heterocycles. The number of para-hydroxylation sites is 1. The molecule has 3 aromatic rings. The molecule has 2 aliphatic rings. The van der Waals surface area contributed by atoms with Crippen molar-refractivity contribution < 1.29 is 22.1 Å². The van der Waals surface area contributed by atoms with Gasteiger partial charge in [-0.15, -0.1) is 0 Å². The Balaban J connectivity index is 1.28. The van der Waals surface area contributed by atoms with E-state index in [9.17, 15) is 17.6 Å². The number of carbonyl (C=O) groups is 1. The van der Waals surface area contributed by atoms with Crippen molar-refractivity contribution in [2.75, 3.05) is 44.2 Å². The maximum atomic E-state index is 14.0. The molecule has 0 radical (unpaired) electrons. The Bertz CT molecular complexity index is 1420. The first-order valence-corrected chi connectivity index (χ1v) is 14.3. The number of hydrogen-bond acceptors (Lipinski definition) is 6. The zero-order chi connectivity index (χ0) is 26.7. The van der Waals surface area contributed by atoms with Gasteiger partial charge in [-0.25, -0.2) is 12.8 Å². The molecule has 8 nitrogen and oxygen atoms in total. The third-order valence-corrected chi connectivity index (χ3v) is 9.22. The molecule has 1 amide bonds. The molecule has 0 bridgehead atoms. The summed E-state index contributed by atoms with van der Waals surface area (Å²) in [7, 11) is -3.98. The molecule has 1 aromatic heterocycles. The van der Waals surface area contributed by atoms with Crippen LogP contribution in [0.15, 0.2) is 64.0 Å². The van der Waals surface area contributed by atoms with Gasteiger partial charge in [0, 0.05) is 50.5 Å². The minimum Gasteiger partial charge on any atom is -0.368 e. The first-order valence-electron chi connectivity index (χ1n) is 12.8. The third-order valence-electron chi connectivity index (χ3n) is 7.20. The number of aromatic nitrogens is 1. The van der Waals surface area contributed by atoms with Crippen molar-refractivity contribution in [2.45, 2.75) is 24.7 Å². The van der Waals surface area contributed by atoms with E-state index in [-0.39, 0.29) is 28.8 Å². The highest BCUT2D eigenvalue weighted by Crippen LogP contribution is 2.30. The van der Waals surface area contributed by atoms with Gasteiger partial charge in [-0.1, -0.05) is 41.6 Å². The lowest BCUT2D eigenvalue weighted by molar-refractivity contribution is -0.137. The minimum atomic E-state index is -3.98. The van der Waals surface area contributed by atoms with Crippen molar-refractivity contribution >= 4 is 33.8 Å². The van der Waals surface area contributed by atoms with Gasteiger partial charge in [-0.2, -0.15) is 4.31 Å². The van der Waals surface area contributed by atoms with Gasteiger partial charge < -0.3 is 14.3 Å². The Hall–Kier alpha value is -3.50. The maximum absolute atomic E-state index is 14.0. The van der Waals surface area contributed by atoms with Crippen molar-refractivity contribution in [2.24, 2.45) is 5.92 Å². The highest BCUT2D eigenvalue weighted by atomic mass is 32.2. The van der Waals surface area contributed by atoms with Gasteiger partial charge in [-0.05, 0) is 50.1 Å². The molecular formula is C28H31FN4O4S. The first-order chi connectivity index (χ1) is 18.3. The lowest BCUT2D eigenvalue weighted by atomic mass is 9.97. The lowest BCUT2D eigenvalue weighted by Crippen LogP contribution is -2.53. The number of amides is 1. The maximum Gasteiger partial charge on any atom is 0.248 e. The van der Waals surface area contributed by atoms with E-state index in [0.29, 0.717) is 38.0 Å². The number of hydrogen-bond donors (Lipinski definition) is 0. The lowest BCUT2D eigenvalue weighted by Gasteiger charge is -2.39. The fraction of sp³-hybridized carbons (Fsp3) is 0.357.